The van der Waals surface area contributed by atoms with Crippen LogP contribution in [0, 0.1) is 0 Å². The van der Waals surface area contributed by atoms with Gasteiger partial charge in [0.2, 0.25) is 0 Å². The monoisotopic (exact) mass is 304 g/mol. The van der Waals surface area contributed by atoms with Crippen LogP contribution >= 0.6 is 11.3 Å². The second kappa shape index (κ2) is 6.28. The summed E-state index contributed by atoms with van der Waals surface area (Å²) >= 11 is 1.89. The largest absolute Gasteiger partial charge is 0.330 e. The lowest BCUT2D eigenvalue weighted by Crippen LogP contribution is -2.25. The highest BCUT2D eigenvalue weighted by Crippen LogP contribution is 2.33. The molecule has 0 radical (unpaired) electrons. The highest BCUT2D eigenvalue weighted by atomic mass is 32.1. The fourth-order valence-corrected chi connectivity index (χ4v) is 4.23. The Bertz CT molecular complexity index is 576. The normalized spacial score (nSPS) is 16.2. The number of aryl methyl sites for hydroxylation is 2. The fourth-order valence-electron chi connectivity index (χ4n) is 2.99. The Kier molecular flexibility index (Phi) is 4.40. The Morgan fingerprint density at radius 2 is 2.14 bits per heavy atom. The first-order valence-electron chi connectivity index (χ1n) is 7.94. The average molecular weight is 304 g/mol. The minimum atomic E-state index is 0.162. The molecule has 2 aromatic heterocycles. The maximum atomic E-state index is 4.94. The summed E-state index contributed by atoms with van der Waals surface area (Å²) in [5.41, 5.74) is 2.55. The highest BCUT2D eigenvalue weighted by Gasteiger charge is 2.24. The average Bonchev–Trinajstić information content (AvgIpc) is 3.11. The lowest BCUT2D eigenvalue weighted by Gasteiger charge is -2.19. The summed E-state index contributed by atoms with van der Waals surface area (Å²) in [5.74, 6) is 0. The van der Waals surface area contributed by atoms with Crippen LogP contribution in [0.3, 0.4) is 0 Å². The zero-order valence-corrected chi connectivity index (χ0v) is 13.9. The minimum absolute atomic E-state index is 0.162. The molecule has 2 aromatic rings. The van der Waals surface area contributed by atoms with Gasteiger partial charge in [0.25, 0.3) is 0 Å². The molecule has 0 aliphatic heterocycles. The number of hydrogen-bond donors (Lipinski definition) is 1. The summed E-state index contributed by atoms with van der Waals surface area (Å²) in [6.07, 6.45) is 8.85. The van der Waals surface area contributed by atoms with Gasteiger partial charge in [-0.15, -0.1) is 11.3 Å². The predicted molar refractivity (Wildman–Crippen MR) is 86.9 cm³/mol. The van der Waals surface area contributed by atoms with Crippen LogP contribution in [-0.2, 0) is 12.8 Å². The van der Waals surface area contributed by atoms with Crippen LogP contribution in [0.25, 0.3) is 0 Å². The number of thiazole rings is 1. The van der Waals surface area contributed by atoms with Gasteiger partial charge in [0.1, 0.15) is 11.0 Å². The molecule has 0 saturated heterocycles. The Morgan fingerprint density at radius 3 is 2.86 bits per heavy atom. The van der Waals surface area contributed by atoms with Gasteiger partial charge in [-0.3, -0.25) is 0 Å². The van der Waals surface area contributed by atoms with Crippen molar-refractivity contribution in [1.29, 1.82) is 0 Å². The molecule has 4 nitrogen and oxygen atoms in total. The van der Waals surface area contributed by atoms with Gasteiger partial charge in [-0.25, -0.2) is 9.97 Å². The molecule has 0 fully saturated rings. The van der Waals surface area contributed by atoms with Crippen molar-refractivity contribution in [3.8, 4) is 0 Å². The van der Waals surface area contributed by atoms with E-state index in [0.717, 1.165) is 13.0 Å². The van der Waals surface area contributed by atoms with Gasteiger partial charge in [0.15, 0.2) is 0 Å². The molecule has 0 aromatic carbocycles. The number of nitrogens with zero attached hydrogens (tertiary/aromatic N) is 3. The van der Waals surface area contributed by atoms with Crippen LogP contribution < -0.4 is 5.32 Å². The molecular formula is C16H24N4S. The molecule has 0 spiro atoms. The molecule has 5 heteroatoms. The molecule has 0 bridgehead atoms. The number of aromatic nitrogens is 3. The molecule has 0 amide bonds. The zero-order chi connectivity index (χ0) is 14.8. The second-order valence-electron chi connectivity index (χ2n) is 5.94. The predicted octanol–water partition coefficient (Wildman–Crippen LogP) is 3.50. The summed E-state index contributed by atoms with van der Waals surface area (Å²) in [6.45, 7) is 7.47. The van der Waals surface area contributed by atoms with Gasteiger partial charge in [0, 0.05) is 10.9 Å². The molecule has 1 unspecified atom stereocenters. The lowest BCUT2D eigenvalue weighted by atomic mass is 10.0. The van der Waals surface area contributed by atoms with Crippen molar-refractivity contribution in [2.75, 3.05) is 6.54 Å². The van der Waals surface area contributed by atoms with E-state index in [-0.39, 0.29) is 6.04 Å². The van der Waals surface area contributed by atoms with Crippen LogP contribution in [0.5, 0.6) is 0 Å². The van der Waals surface area contributed by atoms with Crippen LogP contribution in [-0.4, -0.2) is 21.1 Å². The number of rotatable bonds is 5. The van der Waals surface area contributed by atoms with Crippen molar-refractivity contribution < 1.29 is 0 Å². The molecule has 1 aliphatic rings. The summed E-state index contributed by atoms with van der Waals surface area (Å²) < 4.78 is 2.24. The number of nitrogens with one attached hydrogen (secondary N) is 1. The third-order valence-electron chi connectivity index (χ3n) is 4.07. The van der Waals surface area contributed by atoms with Gasteiger partial charge in [-0.1, -0.05) is 6.92 Å². The maximum Gasteiger partial charge on any atom is 0.116 e. The first kappa shape index (κ1) is 14.7. The fraction of sp³-hybridized carbons (Fsp3) is 0.625. The van der Waals surface area contributed by atoms with Crippen molar-refractivity contribution in [1.82, 2.24) is 19.9 Å². The van der Waals surface area contributed by atoms with Crippen molar-refractivity contribution in [2.45, 2.75) is 58.5 Å². The Hall–Kier alpha value is -1.20. The van der Waals surface area contributed by atoms with E-state index in [1.165, 1.54) is 40.5 Å². The van der Waals surface area contributed by atoms with Crippen molar-refractivity contribution in [3.05, 3.63) is 33.8 Å². The molecule has 114 valence electrons. The van der Waals surface area contributed by atoms with Crippen molar-refractivity contribution in [2.24, 2.45) is 0 Å². The summed E-state index contributed by atoms with van der Waals surface area (Å²) in [7, 11) is 0. The zero-order valence-electron chi connectivity index (χ0n) is 13.1. The topological polar surface area (TPSA) is 42.7 Å². The van der Waals surface area contributed by atoms with Crippen LogP contribution in [0.4, 0.5) is 0 Å². The van der Waals surface area contributed by atoms with E-state index in [0.29, 0.717) is 6.04 Å². The Balaban J connectivity index is 1.97. The molecule has 1 aliphatic carbocycles. The molecule has 3 rings (SSSR count). The van der Waals surface area contributed by atoms with E-state index >= 15 is 0 Å². The van der Waals surface area contributed by atoms with Crippen LogP contribution in [0.1, 0.15) is 67.0 Å². The quantitative estimate of drug-likeness (QED) is 0.919. The number of hydrogen-bond acceptors (Lipinski definition) is 4. The first-order chi connectivity index (χ1) is 10.2. The molecule has 1 N–H and O–H groups in total. The van der Waals surface area contributed by atoms with E-state index in [4.69, 9.17) is 4.98 Å². The van der Waals surface area contributed by atoms with E-state index in [2.05, 4.69) is 35.6 Å². The van der Waals surface area contributed by atoms with E-state index < -0.39 is 0 Å². The molecule has 2 heterocycles. The van der Waals surface area contributed by atoms with Crippen molar-refractivity contribution >= 4 is 11.3 Å². The van der Waals surface area contributed by atoms with Crippen LogP contribution in [0.15, 0.2) is 12.5 Å². The number of imidazole rings is 1. The summed E-state index contributed by atoms with van der Waals surface area (Å²) in [4.78, 5) is 10.8. The standard InChI is InChI=1S/C16H24N4S/c1-4-18-15(13-9-17-10-20(13)11(2)3)16-19-12-7-5-6-8-14(12)21-16/h9-11,15,18H,4-8H2,1-3H3. The lowest BCUT2D eigenvalue weighted by molar-refractivity contribution is 0.520. The molecule has 21 heavy (non-hydrogen) atoms. The number of fused-ring (bicyclic) bond motifs is 1. The van der Waals surface area contributed by atoms with E-state index in [1.54, 1.807) is 0 Å². The van der Waals surface area contributed by atoms with Gasteiger partial charge in [-0.05, 0) is 46.1 Å². The Labute approximate surface area is 130 Å². The third kappa shape index (κ3) is 2.90. The van der Waals surface area contributed by atoms with Gasteiger partial charge in [-0.2, -0.15) is 0 Å². The Morgan fingerprint density at radius 1 is 1.33 bits per heavy atom. The maximum absolute atomic E-state index is 4.94. The highest BCUT2D eigenvalue weighted by molar-refractivity contribution is 7.11. The SMILES string of the molecule is CCNC(c1nc2c(s1)CCCC2)c1cncn1C(C)C. The minimum Gasteiger partial charge on any atom is -0.330 e. The van der Waals surface area contributed by atoms with Gasteiger partial charge in [0.05, 0.1) is 23.9 Å². The summed E-state index contributed by atoms with van der Waals surface area (Å²) in [5, 5.41) is 4.79. The van der Waals surface area contributed by atoms with E-state index in [1.807, 2.05) is 23.9 Å². The smallest absolute Gasteiger partial charge is 0.116 e. The first-order valence-corrected chi connectivity index (χ1v) is 8.76. The third-order valence-corrected chi connectivity index (χ3v) is 5.29. The molecular weight excluding hydrogens is 280 g/mol. The molecule has 1 atom stereocenters. The summed E-state index contributed by atoms with van der Waals surface area (Å²) in [6, 6.07) is 0.578. The van der Waals surface area contributed by atoms with Crippen molar-refractivity contribution in [3.63, 3.8) is 0 Å². The van der Waals surface area contributed by atoms with E-state index in [9.17, 15) is 0 Å². The second-order valence-corrected chi connectivity index (χ2v) is 7.05. The van der Waals surface area contributed by atoms with Crippen LogP contribution in [0.2, 0.25) is 0 Å². The molecule has 0 saturated carbocycles. The van der Waals surface area contributed by atoms with Gasteiger partial charge >= 0.3 is 0 Å². The van der Waals surface area contributed by atoms with Gasteiger partial charge < -0.3 is 9.88 Å².